The molecule has 4 N–H and O–H groups in total. The lowest BCUT2D eigenvalue weighted by Crippen LogP contribution is -2.25. The molecule has 2 aromatic carbocycles. The third-order valence-electron chi connectivity index (χ3n) is 3.90. The Morgan fingerprint density at radius 2 is 2.00 bits per heavy atom. The molecule has 3 rings (SSSR count). The summed E-state index contributed by atoms with van der Waals surface area (Å²) >= 11 is 4.76. The number of ether oxygens (including phenoxy) is 2. The summed E-state index contributed by atoms with van der Waals surface area (Å²) in [6, 6.07) is 11.5. The predicted molar refractivity (Wildman–Crippen MR) is 107 cm³/mol. The number of aromatic amines is 1. The SMILES string of the molecule is COc1ccc(-c2nc3ccc(/C(C)=N\NC(N)=S)cc3[nH]2)c(OC)c1. The first-order valence-electron chi connectivity index (χ1n) is 7.84. The lowest BCUT2D eigenvalue weighted by atomic mass is 10.1. The van der Waals surface area contributed by atoms with Crippen LogP contribution in [0, 0.1) is 0 Å². The molecule has 0 fully saturated rings. The van der Waals surface area contributed by atoms with Gasteiger partial charge < -0.3 is 20.2 Å². The number of nitrogens with two attached hydrogens (primary N) is 1. The van der Waals surface area contributed by atoms with Crippen LogP contribution < -0.4 is 20.6 Å². The van der Waals surface area contributed by atoms with Crippen LogP contribution in [-0.4, -0.2) is 35.0 Å². The molecular weight excluding hydrogens is 350 g/mol. The summed E-state index contributed by atoms with van der Waals surface area (Å²) in [6.07, 6.45) is 0. The molecular formula is C18H19N5O2S. The Labute approximate surface area is 156 Å². The summed E-state index contributed by atoms with van der Waals surface area (Å²) in [7, 11) is 3.24. The minimum Gasteiger partial charge on any atom is -0.497 e. The largest absolute Gasteiger partial charge is 0.497 e. The van der Waals surface area contributed by atoms with E-state index in [0.717, 1.165) is 33.6 Å². The minimum absolute atomic E-state index is 0.126. The second-order valence-electron chi connectivity index (χ2n) is 5.56. The molecule has 8 heteroatoms. The van der Waals surface area contributed by atoms with Crippen LogP contribution in [0.25, 0.3) is 22.4 Å². The van der Waals surface area contributed by atoms with E-state index in [1.807, 2.05) is 43.3 Å². The Morgan fingerprint density at radius 1 is 1.19 bits per heavy atom. The lowest BCUT2D eigenvalue weighted by Gasteiger charge is -2.08. The van der Waals surface area contributed by atoms with Crippen molar-refractivity contribution in [3.63, 3.8) is 0 Å². The zero-order chi connectivity index (χ0) is 18.7. The summed E-state index contributed by atoms with van der Waals surface area (Å²) in [5, 5.41) is 4.27. The van der Waals surface area contributed by atoms with Gasteiger partial charge >= 0.3 is 0 Å². The van der Waals surface area contributed by atoms with Gasteiger partial charge in [-0.15, -0.1) is 0 Å². The van der Waals surface area contributed by atoms with Crippen LogP contribution in [0.3, 0.4) is 0 Å². The molecule has 26 heavy (non-hydrogen) atoms. The number of H-pyrrole nitrogens is 1. The van der Waals surface area contributed by atoms with Crippen molar-refractivity contribution in [2.24, 2.45) is 10.8 Å². The Bertz CT molecular complexity index is 996. The molecule has 0 atom stereocenters. The topological polar surface area (TPSA) is 97.5 Å². The fraction of sp³-hybridized carbons (Fsp3) is 0.167. The van der Waals surface area contributed by atoms with Gasteiger partial charge in [-0.1, -0.05) is 6.07 Å². The highest BCUT2D eigenvalue weighted by Crippen LogP contribution is 2.32. The van der Waals surface area contributed by atoms with Gasteiger partial charge in [-0.05, 0) is 49.0 Å². The lowest BCUT2D eigenvalue weighted by molar-refractivity contribution is 0.395. The van der Waals surface area contributed by atoms with E-state index < -0.39 is 0 Å². The first-order chi connectivity index (χ1) is 12.5. The Kier molecular flexibility index (Phi) is 5.04. The molecule has 0 aliphatic carbocycles. The van der Waals surface area contributed by atoms with Gasteiger partial charge in [0.1, 0.15) is 17.3 Å². The number of imidazole rings is 1. The molecule has 0 bridgehead atoms. The van der Waals surface area contributed by atoms with E-state index in [0.29, 0.717) is 11.6 Å². The molecule has 0 aliphatic rings. The predicted octanol–water partition coefficient (Wildman–Crippen LogP) is 2.80. The van der Waals surface area contributed by atoms with Gasteiger partial charge in [0, 0.05) is 6.07 Å². The van der Waals surface area contributed by atoms with Crippen molar-refractivity contribution in [2.45, 2.75) is 6.92 Å². The van der Waals surface area contributed by atoms with E-state index in [2.05, 4.69) is 20.5 Å². The standard InChI is InChI=1S/C18H19N5O2S/c1-10(22-23-18(19)26)11-4-7-14-15(8-11)21-17(20-14)13-6-5-12(24-2)9-16(13)25-3/h4-9H,1-3H3,(H,20,21)(H3,19,23,26)/b22-10-. The average molecular weight is 369 g/mol. The molecule has 1 heterocycles. The van der Waals surface area contributed by atoms with E-state index in [-0.39, 0.29) is 5.11 Å². The quantitative estimate of drug-likeness (QED) is 0.363. The number of nitrogens with zero attached hydrogens (tertiary/aromatic N) is 2. The van der Waals surface area contributed by atoms with Crippen LogP contribution in [0.15, 0.2) is 41.5 Å². The number of fused-ring (bicyclic) bond motifs is 1. The van der Waals surface area contributed by atoms with E-state index in [1.54, 1.807) is 14.2 Å². The number of nitrogens with one attached hydrogen (secondary N) is 2. The fourth-order valence-electron chi connectivity index (χ4n) is 2.56. The normalized spacial score (nSPS) is 11.4. The van der Waals surface area contributed by atoms with Crippen molar-refractivity contribution in [3.05, 3.63) is 42.0 Å². The molecule has 0 saturated heterocycles. The van der Waals surface area contributed by atoms with E-state index in [1.165, 1.54) is 0 Å². The summed E-state index contributed by atoms with van der Waals surface area (Å²) in [6.45, 7) is 1.87. The Balaban J connectivity index is 2.00. The van der Waals surface area contributed by atoms with Crippen molar-refractivity contribution < 1.29 is 9.47 Å². The summed E-state index contributed by atoms with van der Waals surface area (Å²) in [5.41, 5.74) is 12.3. The molecule has 134 valence electrons. The van der Waals surface area contributed by atoms with Gasteiger partial charge in [0.05, 0.1) is 36.5 Å². The number of rotatable bonds is 5. The van der Waals surface area contributed by atoms with Crippen molar-refractivity contribution in [1.29, 1.82) is 0 Å². The maximum Gasteiger partial charge on any atom is 0.184 e. The molecule has 0 unspecified atom stereocenters. The number of thiocarbonyl (C=S) groups is 1. The zero-order valence-corrected chi connectivity index (χ0v) is 15.5. The molecule has 1 aromatic heterocycles. The summed E-state index contributed by atoms with van der Waals surface area (Å²) in [5.74, 6) is 2.12. The number of hydrogen-bond donors (Lipinski definition) is 3. The minimum atomic E-state index is 0.126. The molecule has 0 amide bonds. The van der Waals surface area contributed by atoms with Crippen LogP contribution in [0.4, 0.5) is 0 Å². The molecule has 0 saturated carbocycles. The van der Waals surface area contributed by atoms with Gasteiger partial charge in [-0.3, -0.25) is 5.43 Å². The molecule has 3 aromatic rings. The second-order valence-corrected chi connectivity index (χ2v) is 6.00. The summed E-state index contributed by atoms with van der Waals surface area (Å²) < 4.78 is 10.7. The number of hydrazone groups is 1. The van der Waals surface area contributed by atoms with Crippen molar-refractivity contribution in [3.8, 4) is 22.9 Å². The van der Waals surface area contributed by atoms with Gasteiger partial charge in [0.25, 0.3) is 0 Å². The third kappa shape index (κ3) is 3.60. The van der Waals surface area contributed by atoms with E-state index in [4.69, 9.17) is 27.4 Å². The Morgan fingerprint density at radius 3 is 2.69 bits per heavy atom. The monoisotopic (exact) mass is 369 g/mol. The van der Waals surface area contributed by atoms with Crippen LogP contribution in [0.1, 0.15) is 12.5 Å². The van der Waals surface area contributed by atoms with E-state index in [9.17, 15) is 0 Å². The smallest absolute Gasteiger partial charge is 0.184 e. The van der Waals surface area contributed by atoms with Gasteiger partial charge in [-0.25, -0.2) is 4.98 Å². The maximum absolute atomic E-state index is 5.46. The number of benzene rings is 2. The number of methoxy groups -OCH3 is 2. The van der Waals surface area contributed by atoms with Crippen molar-refractivity contribution >= 4 is 34.1 Å². The van der Waals surface area contributed by atoms with Gasteiger partial charge in [-0.2, -0.15) is 5.10 Å². The third-order valence-corrected chi connectivity index (χ3v) is 3.99. The molecule has 0 aliphatic heterocycles. The maximum atomic E-state index is 5.46. The molecule has 0 radical (unpaired) electrons. The molecule has 7 nitrogen and oxygen atoms in total. The van der Waals surface area contributed by atoms with Crippen LogP contribution >= 0.6 is 12.2 Å². The molecule has 0 spiro atoms. The average Bonchev–Trinajstić information content (AvgIpc) is 3.08. The zero-order valence-electron chi connectivity index (χ0n) is 14.7. The van der Waals surface area contributed by atoms with Gasteiger partial charge in [0.15, 0.2) is 5.11 Å². The fourth-order valence-corrected chi connectivity index (χ4v) is 2.61. The highest BCUT2D eigenvalue weighted by atomic mass is 32.1. The van der Waals surface area contributed by atoms with Crippen LogP contribution in [-0.2, 0) is 0 Å². The first-order valence-corrected chi connectivity index (χ1v) is 8.25. The second kappa shape index (κ2) is 7.40. The van der Waals surface area contributed by atoms with Crippen molar-refractivity contribution in [2.75, 3.05) is 14.2 Å². The van der Waals surface area contributed by atoms with Crippen molar-refractivity contribution in [1.82, 2.24) is 15.4 Å². The number of aromatic nitrogens is 2. The first kappa shape index (κ1) is 17.7. The number of hydrogen-bond acceptors (Lipinski definition) is 5. The highest BCUT2D eigenvalue weighted by molar-refractivity contribution is 7.80. The van der Waals surface area contributed by atoms with Crippen LogP contribution in [0.5, 0.6) is 11.5 Å². The van der Waals surface area contributed by atoms with Crippen LogP contribution in [0.2, 0.25) is 0 Å². The van der Waals surface area contributed by atoms with E-state index >= 15 is 0 Å². The Hall–Kier alpha value is -3.13. The van der Waals surface area contributed by atoms with Gasteiger partial charge in [0.2, 0.25) is 0 Å². The summed E-state index contributed by atoms with van der Waals surface area (Å²) in [4.78, 5) is 7.98. The highest BCUT2D eigenvalue weighted by Gasteiger charge is 2.12.